The minimum Gasteiger partial charge on any atom is -0.490 e. The number of benzene rings is 2. The topological polar surface area (TPSA) is 110 Å². The van der Waals surface area contributed by atoms with Crippen molar-refractivity contribution in [3.63, 3.8) is 0 Å². The first kappa shape index (κ1) is 38.0. The molecule has 2 N–H and O–H groups in total. The predicted octanol–water partition coefficient (Wildman–Crippen LogP) is 7.16. The van der Waals surface area contributed by atoms with Gasteiger partial charge in [-0.25, -0.2) is 4.79 Å². The van der Waals surface area contributed by atoms with Gasteiger partial charge in [-0.15, -0.1) is 0 Å². The van der Waals surface area contributed by atoms with Gasteiger partial charge >= 0.3 is 33.7 Å². The zero-order valence-electron chi connectivity index (χ0n) is 23.5. The molecule has 2 unspecified atom stereocenters. The molecule has 2 aromatic carbocycles. The Bertz CT molecular complexity index is 1260. The summed E-state index contributed by atoms with van der Waals surface area (Å²) in [7, 11) is -5.84. The number of halogens is 8. The lowest BCUT2D eigenvalue weighted by Gasteiger charge is -2.31. The fraction of sp³-hybridized carbons (Fsp3) is 0.519. The molecule has 2 rings (SSSR count). The molecule has 0 bridgehead atoms. The van der Waals surface area contributed by atoms with E-state index in [0.717, 1.165) is 24.0 Å². The van der Waals surface area contributed by atoms with E-state index < -0.39 is 52.5 Å². The Morgan fingerprint density at radius 3 is 1.53 bits per heavy atom. The van der Waals surface area contributed by atoms with E-state index in [9.17, 15) is 48.3 Å². The lowest BCUT2D eigenvalue weighted by atomic mass is 9.98. The van der Waals surface area contributed by atoms with Crippen molar-refractivity contribution in [3.8, 4) is 5.75 Å². The summed E-state index contributed by atoms with van der Waals surface area (Å²) in [5, 5.41) is 3.98. The summed E-state index contributed by atoms with van der Waals surface area (Å²) in [5.41, 5.74) is -2.54. The Labute approximate surface area is 243 Å². The summed E-state index contributed by atoms with van der Waals surface area (Å²) in [6.45, 7) is 5.47. The van der Waals surface area contributed by atoms with Crippen LogP contribution in [0.15, 0.2) is 48.5 Å². The number of carbonyl (C=O) groups excluding carboxylic acids is 1. The van der Waals surface area contributed by atoms with Crippen LogP contribution in [0.2, 0.25) is 0 Å². The van der Waals surface area contributed by atoms with Crippen LogP contribution in [0.4, 0.5) is 35.1 Å². The van der Waals surface area contributed by atoms with E-state index in [-0.39, 0.29) is 11.7 Å². The molecule has 0 aliphatic carbocycles. The fourth-order valence-electron chi connectivity index (χ4n) is 3.16. The summed E-state index contributed by atoms with van der Waals surface area (Å²) < 4.78 is 138. The molecule has 0 fully saturated rings. The number of esters is 1. The molecule has 0 radical (unpaired) electrons. The van der Waals surface area contributed by atoms with Gasteiger partial charge in [-0.05, 0) is 53.5 Å². The average Bonchev–Trinajstić information content (AvgIpc) is 2.92. The summed E-state index contributed by atoms with van der Waals surface area (Å²) in [6.07, 6.45) is -10.00. The maximum Gasteiger partial charge on any atom is 0.465 e. The minimum absolute atomic E-state index is 0.182. The van der Waals surface area contributed by atoms with Gasteiger partial charge in [-0.3, -0.25) is 4.55 Å². The SMILES string of the molecule is CCC(C)c1ccc(COC(=O)C(F)(F)S(=O)(=O)O)cc1.CCC(C)c1ccc(OCC(O)(C(F)(F)F)C(F)(F)F)cc1. The van der Waals surface area contributed by atoms with Crippen molar-refractivity contribution < 1.29 is 67.5 Å². The van der Waals surface area contributed by atoms with Gasteiger partial charge in [0.2, 0.25) is 0 Å². The van der Waals surface area contributed by atoms with Gasteiger partial charge in [0.15, 0.2) is 0 Å². The zero-order chi connectivity index (χ0) is 33.4. The van der Waals surface area contributed by atoms with E-state index in [1.54, 1.807) is 36.4 Å². The van der Waals surface area contributed by atoms with Crippen LogP contribution >= 0.6 is 0 Å². The van der Waals surface area contributed by atoms with Crippen molar-refractivity contribution >= 4 is 16.1 Å². The molecular formula is C27H32F8O7S. The van der Waals surface area contributed by atoms with E-state index in [2.05, 4.69) is 9.47 Å². The monoisotopic (exact) mass is 652 g/mol. The molecule has 7 nitrogen and oxygen atoms in total. The first-order valence-corrected chi connectivity index (χ1v) is 14.1. The lowest BCUT2D eigenvalue weighted by molar-refractivity contribution is -0.373. The average molecular weight is 653 g/mol. The van der Waals surface area contributed by atoms with Crippen molar-refractivity contribution in [2.75, 3.05) is 6.61 Å². The number of hydrogen-bond donors (Lipinski definition) is 2. The standard InChI is InChI=1S/C14H16F6O2.C13H16F2O5S/c1-3-9(2)10-4-6-11(7-5-10)22-8-12(21,13(15,16)17)14(18,19)20;1-3-9(2)11-6-4-10(5-7-11)8-20-12(16)13(14,15)21(17,18)19/h4-7,9,21H,3,8H2,1-2H3;4-7,9H,3,8H2,1-2H3,(H,17,18,19). The zero-order valence-corrected chi connectivity index (χ0v) is 24.3. The molecule has 0 amide bonds. The number of ether oxygens (including phenoxy) is 2. The van der Waals surface area contributed by atoms with E-state index in [1.165, 1.54) is 12.1 Å². The Kier molecular flexibility index (Phi) is 13.0. The molecule has 0 aliphatic heterocycles. The second-order valence-corrected chi connectivity index (χ2v) is 11.1. The van der Waals surface area contributed by atoms with Crippen LogP contribution in [0, 0.1) is 0 Å². The molecule has 0 aromatic heterocycles. The van der Waals surface area contributed by atoms with Gasteiger partial charge in [0.05, 0.1) is 0 Å². The minimum atomic E-state index is -5.89. The highest BCUT2D eigenvalue weighted by atomic mass is 32.2. The highest BCUT2D eigenvalue weighted by molar-refractivity contribution is 7.87. The molecule has 0 heterocycles. The quantitative estimate of drug-likeness (QED) is 0.151. The third kappa shape index (κ3) is 10.0. The highest BCUT2D eigenvalue weighted by Gasteiger charge is 2.71. The van der Waals surface area contributed by atoms with Crippen LogP contribution in [-0.2, 0) is 26.3 Å². The van der Waals surface area contributed by atoms with Gasteiger partial charge in [-0.1, -0.05) is 64.1 Å². The van der Waals surface area contributed by atoms with Crippen LogP contribution in [0.25, 0.3) is 0 Å². The van der Waals surface area contributed by atoms with E-state index in [4.69, 9.17) is 9.66 Å². The van der Waals surface area contributed by atoms with Crippen LogP contribution in [0.1, 0.15) is 69.1 Å². The first-order valence-electron chi connectivity index (χ1n) is 12.7. The van der Waals surface area contributed by atoms with Gasteiger partial charge in [0.1, 0.15) is 19.0 Å². The molecule has 0 saturated heterocycles. The van der Waals surface area contributed by atoms with Crippen molar-refractivity contribution in [3.05, 3.63) is 65.2 Å². The van der Waals surface area contributed by atoms with Crippen molar-refractivity contribution in [2.45, 2.75) is 82.2 Å². The van der Waals surface area contributed by atoms with Gasteiger partial charge in [-0.2, -0.15) is 43.5 Å². The first-order chi connectivity index (χ1) is 19.5. The molecule has 2 aromatic rings. The normalized spacial score (nSPS) is 14.3. The van der Waals surface area contributed by atoms with Crippen molar-refractivity contribution in [2.24, 2.45) is 0 Å². The van der Waals surface area contributed by atoms with Crippen molar-refractivity contribution in [1.29, 1.82) is 0 Å². The van der Waals surface area contributed by atoms with Gasteiger partial charge in [0, 0.05) is 0 Å². The summed E-state index contributed by atoms with van der Waals surface area (Å²) >= 11 is 0. The van der Waals surface area contributed by atoms with Crippen LogP contribution in [0.3, 0.4) is 0 Å². The molecule has 0 spiro atoms. The molecule has 43 heavy (non-hydrogen) atoms. The molecule has 16 heteroatoms. The van der Waals surface area contributed by atoms with Crippen LogP contribution < -0.4 is 4.74 Å². The number of rotatable bonds is 11. The molecule has 0 aliphatic rings. The second kappa shape index (κ2) is 14.7. The van der Waals surface area contributed by atoms with E-state index >= 15 is 0 Å². The smallest absolute Gasteiger partial charge is 0.465 e. The number of aliphatic hydroxyl groups is 1. The highest BCUT2D eigenvalue weighted by Crippen LogP contribution is 2.43. The Hall–Kier alpha value is -2.98. The van der Waals surface area contributed by atoms with Gasteiger partial charge < -0.3 is 14.6 Å². The van der Waals surface area contributed by atoms with E-state index in [0.29, 0.717) is 11.5 Å². The third-order valence-corrected chi connectivity index (χ3v) is 7.35. The van der Waals surface area contributed by atoms with Crippen molar-refractivity contribution in [1.82, 2.24) is 0 Å². The number of alkyl halides is 8. The summed E-state index contributed by atoms with van der Waals surface area (Å²) in [6, 6.07) is 12.4. The Morgan fingerprint density at radius 2 is 1.19 bits per heavy atom. The van der Waals surface area contributed by atoms with E-state index in [1.807, 2.05) is 27.7 Å². The maximum atomic E-state index is 12.9. The predicted molar refractivity (Wildman–Crippen MR) is 139 cm³/mol. The Balaban J connectivity index is 0.000000430. The Morgan fingerprint density at radius 1 is 0.791 bits per heavy atom. The molecular weight excluding hydrogens is 620 g/mol. The largest absolute Gasteiger partial charge is 0.490 e. The summed E-state index contributed by atoms with van der Waals surface area (Å²) in [4.78, 5) is 11.0. The third-order valence-electron chi connectivity index (χ3n) is 6.54. The van der Waals surface area contributed by atoms with Crippen LogP contribution in [-0.4, -0.2) is 53.9 Å². The van der Waals surface area contributed by atoms with Crippen LogP contribution in [0.5, 0.6) is 5.75 Å². The number of carbonyl (C=O) groups is 1. The molecule has 0 saturated carbocycles. The lowest BCUT2D eigenvalue weighted by Crippen LogP contribution is -2.60. The summed E-state index contributed by atoms with van der Waals surface area (Å²) in [5.74, 6) is -1.95. The fourth-order valence-corrected chi connectivity index (χ4v) is 3.43. The molecule has 2 atom stereocenters. The second-order valence-electron chi connectivity index (χ2n) is 9.64. The molecule has 244 valence electrons. The van der Waals surface area contributed by atoms with Gasteiger partial charge in [0.25, 0.3) is 5.60 Å². The maximum absolute atomic E-state index is 12.9. The number of hydrogen-bond acceptors (Lipinski definition) is 6.